The summed E-state index contributed by atoms with van der Waals surface area (Å²) < 4.78 is 11.0. The van der Waals surface area contributed by atoms with Crippen molar-refractivity contribution in [3.8, 4) is 11.5 Å². The molecule has 0 atom stereocenters. The lowest BCUT2D eigenvalue weighted by Gasteiger charge is -2.23. The van der Waals surface area contributed by atoms with Gasteiger partial charge in [0.15, 0.2) is 0 Å². The highest BCUT2D eigenvalue weighted by atomic mass is 16.5. The molecule has 3 aromatic carbocycles. The first-order chi connectivity index (χ1) is 19.2. The molecule has 6 heteroatoms. The van der Waals surface area contributed by atoms with Gasteiger partial charge in [-0.3, -0.25) is 9.98 Å². The van der Waals surface area contributed by atoms with E-state index >= 15 is 0 Å². The highest BCUT2D eigenvalue weighted by molar-refractivity contribution is 6.09. The van der Waals surface area contributed by atoms with Crippen LogP contribution in [0.25, 0.3) is 21.8 Å². The van der Waals surface area contributed by atoms with Gasteiger partial charge in [-0.2, -0.15) is 0 Å². The van der Waals surface area contributed by atoms with E-state index in [1.54, 1.807) is 14.2 Å². The molecular formula is C33H32N4O2. The summed E-state index contributed by atoms with van der Waals surface area (Å²) >= 11 is 0. The van der Waals surface area contributed by atoms with Crippen molar-refractivity contribution in [2.75, 3.05) is 27.3 Å². The van der Waals surface area contributed by atoms with Gasteiger partial charge in [-0.05, 0) is 72.6 Å². The van der Waals surface area contributed by atoms with Gasteiger partial charge in [-0.25, -0.2) is 0 Å². The summed E-state index contributed by atoms with van der Waals surface area (Å²) in [7, 11) is 3.43. The Hall–Kier alpha value is -4.32. The first-order valence-electron chi connectivity index (χ1n) is 13.7. The number of aromatic nitrogens is 2. The van der Waals surface area contributed by atoms with Crippen LogP contribution in [0, 0.1) is 0 Å². The molecule has 0 saturated heterocycles. The maximum Gasteiger partial charge on any atom is 0.120 e. The first kappa shape index (κ1) is 23.8. The lowest BCUT2D eigenvalue weighted by Crippen LogP contribution is -2.20. The second kappa shape index (κ2) is 9.77. The maximum atomic E-state index is 5.48. The molecule has 2 aliphatic rings. The molecule has 0 radical (unpaired) electrons. The number of ether oxygens (including phenoxy) is 2. The van der Waals surface area contributed by atoms with Crippen molar-refractivity contribution in [1.29, 1.82) is 0 Å². The van der Waals surface area contributed by atoms with Crippen molar-refractivity contribution in [3.63, 3.8) is 0 Å². The topological polar surface area (TPSA) is 74.8 Å². The molecule has 39 heavy (non-hydrogen) atoms. The molecule has 0 amide bonds. The van der Waals surface area contributed by atoms with E-state index in [0.717, 1.165) is 72.7 Å². The van der Waals surface area contributed by atoms with E-state index in [2.05, 4.69) is 64.6 Å². The van der Waals surface area contributed by atoms with E-state index in [-0.39, 0.29) is 5.92 Å². The summed E-state index contributed by atoms with van der Waals surface area (Å²) in [6.07, 6.45) is 3.61. The van der Waals surface area contributed by atoms with E-state index in [4.69, 9.17) is 19.5 Å². The molecule has 0 spiro atoms. The Labute approximate surface area is 227 Å². The number of hydrogen-bond donors (Lipinski definition) is 2. The van der Waals surface area contributed by atoms with Crippen LogP contribution in [0.2, 0.25) is 0 Å². The Kier molecular flexibility index (Phi) is 5.95. The fraction of sp³-hybridized carbons (Fsp3) is 0.273. The van der Waals surface area contributed by atoms with Crippen molar-refractivity contribution in [2.24, 2.45) is 9.98 Å². The lowest BCUT2D eigenvalue weighted by atomic mass is 9.85. The van der Waals surface area contributed by atoms with Gasteiger partial charge < -0.3 is 19.4 Å². The van der Waals surface area contributed by atoms with Gasteiger partial charge in [0.1, 0.15) is 11.5 Å². The number of methoxy groups -OCH3 is 2. The molecule has 5 aromatic rings. The zero-order valence-electron chi connectivity index (χ0n) is 22.4. The number of rotatable bonds is 7. The molecule has 0 saturated carbocycles. The molecule has 0 fully saturated rings. The summed E-state index contributed by atoms with van der Waals surface area (Å²) in [5.41, 5.74) is 10.9. The average molecular weight is 517 g/mol. The monoisotopic (exact) mass is 516 g/mol. The van der Waals surface area contributed by atoms with Crippen LogP contribution in [-0.2, 0) is 12.8 Å². The van der Waals surface area contributed by atoms with Crippen LogP contribution in [0.15, 0.2) is 76.7 Å². The Morgan fingerprint density at radius 2 is 1.21 bits per heavy atom. The van der Waals surface area contributed by atoms with Gasteiger partial charge >= 0.3 is 0 Å². The highest BCUT2D eigenvalue weighted by Gasteiger charge is 2.27. The lowest BCUT2D eigenvalue weighted by molar-refractivity contribution is 0.415. The quantitative estimate of drug-likeness (QED) is 0.255. The third-order valence-corrected chi connectivity index (χ3v) is 8.28. The number of aliphatic imine (C=N–C) groups is 2. The molecule has 6 nitrogen and oxygen atoms in total. The van der Waals surface area contributed by atoms with Crippen LogP contribution < -0.4 is 9.47 Å². The normalized spacial score (nSPS) is 14.7. The van der Waals surface area contributed by atoms with Crippen LogP contribution >= 0.6 is 0 Å². The number of H-pyrrole nitrogens is 2. The van der Waals surface area contributed by atoms with E-state index in [0.29, 0.717) is 0 Å². The number of fused-ring (bicyclic) bond motifs is 6. The van der Waals surface area contributed by atoms with Crippen molar-refractivity contribution in [2.45, 2.75) is 31.6 Å². The smallest absolute Gasteiger partial charge is 0.120 e. The first-order valence-corrected chi connectivity index (χ1v) is 13.7. The maximum absolute atomic E-state index is 5.48. The van der Waals surface area contributed by atoms with Gasteiger partial charge in [0, 0.05) is 47.0 Å². The van der Waals surface area contributed by atoms with Crippen molar-refractivity contribution < 1.29 is 9.47 Å². The summed E-state index contributed by atoms with van der Waals surface area (Å²) in [5, 5.41) is 2.54. The molecular weight excluding hydrogens is 484 g/mol. The van der Waals surface area contributed by atoms with Crippen LogP contribution in [0.5, 0.6) is 11.5 Å². The summed E-state index contributed by atoms with van der Waals surface area (Å²) in [6, 6.07) is 23.4. The minimum atomic E-state index is 0.252. The van der Waals surface area contributed by atoms with Crippen LogP contribution in [0.4, 0.5) is 0 Å². The molecule has 2 aliphatic heterocycles. The Morgan fingerprint density at radius 1 is 0.692 bits per heavy atom. The molecule has 2 aromatic heterocycles. The van der Waals surface area contributed by atoms with Crippen molar-refractivity contribution in [1.82, 2.24) is 9.97 Å². The molecule has 0 unspecified atom stereocenters. The van der Waals surface area contributed by atoms with Crippen LogP contribution in [0.1, 0.15) is 46.8 Å². The number of aromatic amines is 2. The van der Waals surface area contributed by atoms with E-state index < -0.39 is 0 Å². The zero-order chi connectivity index (χ0) is 26.3. The Bertz CT molecular complexity index is 1630. The largest absolute Gasteiger partial charge is 0.497 e. The van der Waals surface area contributed by atoms with Crippen LogP contribution in [-0.4, -0.2) is 48.7 Å². The third-order valence-electron chi connectivity index (χ3n) is 8.28. The van der Waals surface area contributed by atoms with Gasteiger partial charge in [0.2, 0.25) is 0 Å². The Morgan fingerprint density at radius 3 is 1.69 bits per heavy atom. The third kappa shape index (κ3) is 4.20. The van der Waals surface area contributed by atoms with Gasteiger partial charge in [-0.15, -0.1) is 0 Å². The second-order valence-electron chi connectivity index (χ2n) is 10.5. The highest BCUT2D eigenvalue weighted by Crippen LogP contribution is 2.36. The van der Waals surface area contributed by atoms with Crippen molar-refractivity contribution >= 4 is 33.2 Å². The number of benzene rings is 3. The summed E-state index contributed by atoms with van der Waals surface area (Å²) in [5.74, 6) is 1.98. The number of hydrogen-bond acceptors (Lipinski definition) is 4. The Balaban J connectivity index is 1.25. The predicted molar refractivity (Wildman–Crippen MR) is 158 cm³/mol. The molecule has 4 heterocycles. The van der Waals surface area contributed by atoms with E-state index in [1.807, 2.05) is 12.1 Å². The zero-order valence-corrected chi connectivity index (χ0v) is 22.4. The molecule has 2 N–H and O–H groups in total. The van der Waals surface area contributed by atoms with Crippen molar-refractivity contribution in [3.05, 3.63) is 94.8 Å². The second-order valence-corrected chi connectivity index (χ2v) is 10.5. The summed E-state index contributed by atoms with van der Waals surface area (Å²) in [6.45, 7) is 1.63. The van der Waals surface area contributed by atoms with E-state index in [1.165, 1.54) is 38.9 Å². The standard InChI is InChI=1S/C33H32N4O2/c1-38-22-8-10-24-26-12-14-34-30(32(26)36-28(24)18-22)16-21(20-6-4-3-5-7-20)17-31-33-27(13-15-35-31)25-11-9-23(39-2)19-29(25)37-33/h3-11,18-19,21,36-37H,12-17H2,1-2H3. The van der Waals surface area contributed by atoms with E-state index in [9.17, 15) is 0 Å². The number of nitrogens with zero attached hydrogens (tertiary/aromatic N) is 2. The van der Waals surface area contributed by atoms with Gasteiger partial charge in [-0.1, -0.05) is 30.3 Å². The average Bonchev–Trinajstić information content (AvgIpc) is 3.55. The predicted octanol–water partition coefficient (Wildman–Crippen LogP) is 6.62. The van der Waals surface area contributed by atoms with Gasteiger partial charge in [0.05, 0.1) is 37.0 Å². The fourth-order valence-corrected chi connectivity index (χ4v) is 6.33. The SMILES string of the molecule is COc1ccc2c3c([nH]c2c1)C(CC(CC1=NCCc2c1[nH]c1cc(OC)ccc21)c1ccccc1)=NCC3. The summed E-state index contributed by atoms with van der Waals surface area (Å²) in [4.78, 5) is 17.5. The molecule has 7 rings (SSSR count). The molecule has 0 aliphatic carbocycles. The van der Waals surface area contributed by atoms with Gasteiger partial charge in [0.25, 0.3) is 0 Å². The minimum Gasteiger partial charge on any atom is -0.497 e. The molecule has 0 bridgehead atoms. The minimum absolute atomic E-state index is 0.252. The fourth-order valence-electron chi connectivity index (χ4n) is 6.33. The number of nitrogens with one attached hydrogen (secondary N) is 2. The molecule has 196 valence electrons. The van der Waals surface area contributed by atoms with Crippen LogP contribution in [0.3, 0.4) is 0 Å².